The Balaban J connectivity index is 0.991. The van der Waals surface area contributed by atoms with E-state index in [1.807, 2.05) is 96.3 Å². The Morgan fingerprint density at radius 2 is 0.964 bits per heavy atom. The number of allylic oxidation sites excluding steroid dienone is 1. The third-order valence-corrected chi connectivity index (χ3v) is 12.5. The van der Waals surface area contributed by atoms with Crippen molar-refractivity contribution in [3.05, 3.63) is 203 Å². The number of hydrogen-bond acceptors (Lipinski definition) is 6. The van der Waals surface area contributed by atoms with E-state index in [1.54, 1.807) is 0 Å². The van der Waals surface area contributed by atoms with Crippen LogP contribution in [0.5, 0.6) is 11.5 Å². The number of fused-ring (bicyclic) bond motifs is 12. The summed E-state index contributed by atoms with van der Waals surface area (Å²) in [7, 11) is 0. The summed E-state index contributed by atoms with van der Waals surface area (Å²) in [6.45, 7) is 0. The number of hydrogen-bond donors (Lipinski definition) is 0. The first-order valence-corrected chi connectivity index (χ1v) is 19.5. The predicted octanol–water partition coefficient (Wildman–Crippen LogP) is 12.2. The molecule has 2 aromatic heterocycles. The minimum Gasteiger partial charge on any atom is -0.452 e. The second kappa shape index (κ2) is 11.9. The number of rotatable bonds is 4. The molecule has 0 amide bonds. The lowest BCUT2D eigenvalue weighted by Crippen LogP contribution is -2.30. The molecule has 3 aliphatic rings. The molecule has 7 aromatic carbocycles. The van der Waals surface area contributed by atoms with Crippen LogP contribution in [-0.2, 0) is 5.41 Å². The Labute approximate surface area is 326 Å². The van der Waals surface area contributed by atoms with E-state index in [-0.39, 0.29) is 0 Å². The van der Waals surface area contributed by atoms with Gasteiger partial charge in [0.2, 0.25) is 0 Å². The van der Waals surface area contributed by atoms with Gasteiger partial charge in [0.1, 0.15) is 5.41 Å². The van der Waals surface area contributed by atoms with Crippen molar-refractivity contribution in [1.29, 1.82) is 0 Å². The van der Waals surface area contributed by atoms with Crippen molar-refractivity contribution in [2.75, 3.05) is 0 Å². The van der Waals surface area contributed by atoms with E-state index in [9.17, 15) is 0 Å². The Morgan fingerprint density at radius 1 is 0.429 bits per heavy atom. The highest BCUT2D eigenvalue weighted by molar-refractivity contribution is 7.19. The number of ether oxygens (including phenoxy) is 2. The average molecular weight is 736 g/mol. The SMILES string of the molecule is c1ccc(-c2nc(-c3ccccc3)nc(-c3ccc(-c4ccc5c(c4)-c4ccccc4C54C5=C(Oc6ccccc6O5)c5c4sc4ccccc54)cc3)n2)cc1. The number of nitrogens with zero attached hydrogens (tertiary/aromatic N) is 3. The van der Waals surface area contributed by atoms with Gasteiger partial charge in [-0.1, -0.05) is 152 Å². The quantitative estimate of drug-likeness (QED) is 0.180. The first-order chi connectivity index (χ1) is 27.7. The van der Waals surface area contributed by atoms with Gasteiger partial charge < -0.3 is 9.47 Å². The summed E-state index contributed by atoms with van der Waals surface area (Å²) in [4.78, 5) is 16.0. The van der Waals surface area contributed by atoms with E-state index in [0.717, 1.165) is 56.4 Å². The lowest BCUT2D eigenvalue weighted by Gasteiger charge is -2.32. The van der Waals surface area contributed by atoms with Gasteiger partial charge in [-0.05, 0) is 57.6 Å². The van der Waals surface area contributed by atoms with Crippen molar-refractivity contribution in [2.45, 2.75) is 5.41 Å². The van der Waals surface area contributed by atoms with Gasteiger partial charge in [0.15, 0.2) is 40.5 Å². The van der Waals surface area contributed by atoms with Crippen molar-refractivity contribution < 1.29 is 9.47 Å². The Bertz CT molecular complexity index is 3020. The smallest absolute Gasteiger partial charge is 0.176 e. The molecule has 0 bridgehead atoms. The normalized spacial score (nSPS) is 15.8. The van der Waals surface area contributed by atoms with Crippen LogP contribution in [0, 0.1) is 0 Å². The number of para-hydroxylation sites is 2. The third-order valence-electron chi connectivity index (χ3n) is 11.2. The molecule has 56 heavy (non-hydrogen) atoms. The lowest BCUT2D eigenvalue weighted by molar-refractivity contribution is 0.317. The number of benzene rings is 7. The molecular formula is C50H29N3O2S. The summed E-state index contributed by atoms with van der Waals surface area (Å²) in [6, 6.07) is 61.0. The summed E-state index contributed by atoms with van der Waals surface area (Å²) < 4.78 is 15.0. The molecule has 262 valence electrons. The van der Waals surface area contributed by atoms with Crippen LogP contribution in [0.15, 0.2) is 182 Å². The minimum atomic E-state index is -0.651. The van der Waals surface area contributed by atoms with Crippen molar-refractivity contribution >= 4 is 27.2 Å². The third kappa shape index (κ3) is 4.45. The molecular weight excluding hydrogens is 707 g/mol. The largest absolute Gasteiger partial charge is 0.452 e. The molecule has 0 fully saturated rings. The Morgan fingerprint density at radius 3 is 1.68 bits per heavy atom. The summed E-state index contributed by atoms with van der Waals surface area (Å²) in [5, 5.41) is 1.19. The van der Waals surface area contributed by atoms with Gasteiger partial charge in [-0.3, -0.25) is 0 Å². The highest BCUT2D eigenvalue weighted by atomic mass is 32.1. The second-order valence-corrected chi connectivity index (χ2v) is 15.3. The monoisotopic (exact) mass is 735 g/mol. The molecule has 1 spiro atoms. The van der Waals surface area contributed by atoms with Crippen LogP contribution in [-0.4, -0.2) is 15.0 Å². The van der Waals surface area contributed by atoms with Crippen LogP contribution in [0.2, 0.25) is 0 Å². The zero-order valence-electron chi connectivity index (χ0n) is 29.8. The fraction of sp³-hybridized carbons (Fsp3) is 0.0200. The van der Waals surface area contributed by atoms with Crippen molar-refractivity contribution in [3.63, 3.8) is 0 Å². The first-order valence-electron chi connectivity index (χ1n) is 18.7. The summed E-state index contributed by atoms with van der Waals surface area (Å²) >= 11 is 1.84. The average Bonchev–Trinajstić information content (AvgIpc) is 3.89. The van der Waals surface area contributed by atoms with Gasteiger partial charge >= 0.3 is 0 Å². The molecule has 1 unspecified atom stereocenters. The summed E-state index contributed by atoms with van der Waals surface area (Å²) in [5.41, 5.74) is 10.3. The molecule has 5 nitrogen and oxygen atoms in total. The second-order valence-electron chi connectivity index (χ2n) is 14.3. The van der Waals surface area contributed by atoms with Crippen molar-refractivity contribution in [3.8, 4) is 67.9 Å². The predicted molar refractivity (Wildman–Crippen MR) is 223 cm³/mol. The maximum atomic E-state index is 6.99. The zero-order chi connectivity index (χ0) is 36.8. The Hall–Kier alpha value is -7.15. The summed E-state index contributed by atoms with van der Waals surface area (Å²) in [6.07, 6.45) is 0. The van der Waals surface area contributed by atoms with E-state index in [0.29, 0.717) is 17.5 Å². The van der Waals surface area contributed by atoms with Gasteiger partial charge in [-0.25, -0.2) is 15.0 Å². The maximum Gasteiger partial charge on any atom is 0.176 e. The molecule has 6 heteroatoms. The zero-order valence-corrected chi connectivity index (χ0v) is 30.6. The van der Waals surface area contributed by atoms with Gasteiger partial charge in [0, 0.05) is 37.2 Å². The molecule has 2 aliphatic carbocycles. The highest BCUT2D eigenvalue weighted by Crippen LogP contribution is 2.66. The van der Waals surface area contributed by atoms with E-state index in [4.69, 9.17) is 24.4 Å². The van der Waals surface area contributed by atoms with Crippen LogP contribution in [0.4, 0.5) is 0 Å². The first kappa shape index (κ1) is 31.2. The maximum absolute atomic E-state index is 6.99. The van der Waals surface area contributed by atoms with Crippen LogP contribution in [0.1, 0.15) is 21.6 Å². The van der Waals surface area contributed by atoms with E-state index >= 15 is 0 Å². The van der Waals surface area contributed by atoms with Crippen LogP contribution in [0.25, 0.3) is 72.3 Å². The summed E-state index contributed by atoms with van der Waals surface area (Å²) in [5.74, 6) is 5.04. The fourth-order valence-electron chi connectivity index (χ4n) is 8.68. The molecule has 9 aromatic rings. The number of thiophene rings is 1. The van der Waals surface area contributed by atoms with Gasteiger partial charge in [0.05, 0.1) is 0 Å². The van der Waals surface area contributed by atoms with Crippen LogP contribution >= 0.6 is 11.3 Å². The van der Waals surface area contributed by atoms with E-state index in [1.165, 1.54) is 37.2 Å². The minimum absolute atomic E-state index is 0.634. The fourth-order valence-corrected chi connectivity index (χ4v) is 10.1. The Kier molecular flexibility index (Phi) is 6.65. The van der Waals surface area contributed by atoms with Crippen molar-refractivity contribution in [1.82, 2.24) is 15.0 Å². The molecule has 12 rings (SSSR count). The molecule has 0 radical (unpaired) electrons. The van der Waals surface area contributed by atoms with Crippen LogP contribution in [0.3, 0.4) is 0 Å². The van der Waals surface area contributed by atoms with Crippen molar-refractivity contribution in [2.24, 2.45) is 0 Å². The molecule has 0 saturated carbocycles. The molecule has 0 saturated heterocycles. The van der Waals surface area contributed by atoms with E-state index < -0.39 is 5.41 Å². The van der Waals surface area contributed by atoms with Crippen LogP contribution < -0.4 is 9.47 Å². The standard InChI is InChI=1S/C50H29N3O2S/c1-3-13-31(14-4-1)47-51-48(32-15-5-2-6-16-32)53-49(52-47)33-25-23-30(24-26-33)34-27-28-39-37(29-34)35-17-7-9-19-38(35)50(39)45-44(54-40-20-10-11-21-41(40)55-45)43-36-18-8-12-22-42(36)56-46(43)50/h1-29H. The van der Waals surface area contributed by atoms with E-state index in [2.05, 4.69) is 91.0 Å². The lowest BCUT2D eigenvalue weighted by atomic mass is 9.76. The van der Waals surface area contributed by atoms with Gasteiger partial charge in [0.25, 0.3) is 0 Å². The highest BCUT2D eigenvalue weighted by Gasteiger charge is 2.58. The van der Waals surface area contributed by atoms with Gasteiger partial charge in [-0.2, -0.15) is 0 Å². The topological polar surface area (TPSA) is 57.1 Å². The molecule has 1 aliphatic heterocycles. The molecule has 0 N–H and O–H groups in total. The van der Waals surface area contributed by atoms with Gasteiger partial charge in [-0.15, -0.1) is 11.3 Å². The number of aromatic nitrogens is 3. The molecule has 3 heterocycles. The molecule has 1 atom stereocenters.